The van der Waals surface area contributed by atoms with E-state index in [0.29, 0.717) is 47.5 Å². The largest absolute Gasteiger partial charge is 0.453 e. The molecule has 3 aromatic heterocycles. The van der Waals surface area contributed by atoms with Crippen LogP contribution in [-0.2, 0) is 17.5 Å². The zero-order valence-corrected chi connectivity index (χ0v) is 18.3. The maximum Gasteiger partial charge on any atom is 0.453 e. The van der Waals surface area contributed by atoms with E-state index in [2.05, 4.69) is 25.6 Å². The van der Waals surface area contributed by atoms with E-state index in [0.717, 1.165) is 0 Å². The maximum atomic E-state index is 14.4. The third-order valence-corrected chi connectivity index (χ3v) is 5.95. The van der Waals surface area contributed by atoms with Crippen molar-refractivity contribution in [3.63, 3.8) is 0 Å². The van der Waals surface area contributed by atoms with Gasteiger partial charge in [-0.05, 0) is 42.7 Å². The van der Waals surface area contributed by atoms with Crippen molar-refractivity contribution in [3.8, 4) is 5.69 Å². The SMILES string of the molecule is O=C(NCc1ccc(-n2ccnc2)c(F)c1)C1CCN(c2ccc3nnc(C(F)(F)F)n3n2)CC1. The Morgan fingerprint density at radius 1 is 1.11 bits per heavy atom. The van der Waals surface area contributed by atoms with Crippen LogP contribution in [0.4, 0.5) is 23.4 Å². The van der Waals surface area contributed by atoms with Crippen molar-refractivity contribution in [1.82, 2.24) is 34.7 Å². The van der Waals surface area contributed by atoms with Gasteiger partial charge >= 0.3 is 6.18 Å². The Labute approximate surface area is 196 Å². The number of alkyl halides is 3. The molecule has 4 aromatic rings. The third kappa shape index (κ3) is 4.66. The summed E-state index contributed by atoms with van der Waals surface area (Å²) in [5, 5.41) is 13.6. The Hall–Kier alpha value is -4.03. The number of carbonyl (C=O) groups is 1. The highest BCUT2D eigenvalue weighted by atomic mass is 19.4. The summed E-state index contributed by atoms with van der Waals surface area (Å²) in [7, 11) is 0. The van der Waals surface area contributed by atoms with Crippen molar-refractivity contribution in [3.05, 3.63) is 66.3 Å². The van der Waals surface area contributed by atoms with Crippen LogP contribution >= 0.6 is 0 Å². The van der Waals surface area contributed by atoms with Crippen LogP contribution in [0.15, 0.2) is 49.1 Å². The van der Waals surface area contributed by atoms with E-state index in [4.69, 9.17) is 0 Å². The van der Waals surface area contributed by atoms with Crippen LogP contribution in [0.2, 0.25) is 0 Å². The molecule has 9 nitrogen and oxygen atoms in total. The number of benzene rings is 1. The smallest absolute Gasteiger partial charge is 0.355 e. The van der Waals surface area contributed by atoms with E-state index >= 15 is 0 Å². The van der Waals surface area contributed by atoms with Gasteiger partial charge in [-0.3, -0.25) is 4.79 Å². The molecule has 1 aromatic carbocycles. The fraction of sp³-hybridized carbons (Fsp3) is 0.318. The predicted octanol–water partition coefficient (Wildman–Crippen LogP) is 3.00. The first-order valence-corrected chi connectivity index (χ1v) is 10.9. The van der Waals surface area contributed by atoms with Gasteiger partial charge in [-0.25, -0.2) is 9.37 Å². The van der Waals surface area contributed by atoms with E-state index in [9.17, 15) is 22.4 Å². The van der Waals surface area contributed by atoms with Crippen LogP contribution in [0.3, 0.4) is 0 Å². The number of hydrogen-bond donors (Lipinski definition) is 1. The highest BCUT2D eigenvalue weighted by Gasteiger charge is 2.38. The molecular weight excluding hydrogens is 468 g/mol. The fourth-order valence-electron chi connectivity index (χ4n) is 4.10. The van der Waals surface area contributed by atoms with Crippen molar-refractivity contribution < 1.29 is 22.4 Å². The zero-order chi connectivity index (χ0) is 24.6. The number of carbonyl (C=O) groups excluding carboxylic acids is 1. The first-order valence-electron chi connectivity index (χ1n) is 10.9. The minimum absolute atomic E-state index is 0.00448. The van der Waals surface area contributed by atoms with Gasteiger partial charge in [0.15, 0.2) is 5.65 Å². The molecule has 0 saturated carbocycles. The molecule has 182 valence electrons. The first kappa shape index (κ1) is 22.7. The lowest BCUT2D eigenvalue weighted by atomic mass is 9.96. The van der Waals surface area contributed by atoms with Crippen LogP contribution in [0.1, 0.15) is 24.2 Å². The predicted molar refractivity (Wildman–Crippen MR) is 116 cm³/mol. The molecule has 1 saturated heterocycles. The molecular formula is C22H20F4N8O. The van der Waals surface area contributed by atoms with Crippen molar-refractivity contribution >= 4 is 17.4 Å². The highest BCUT2D eigenvalue weighted by molar-refractivity contribution is 5.79. The molecule has 35 heavy (non-hydrogen) atoms. The molecule has 1 N–H and O–H groups in total. The summed E-state index contributed by atoms with van der Waals surface area (Å²) in [6.45, 7) is 1.09. The standard InChI is InChI=1S/C22H20F4N8O/c23-16-11-14(1-2-17(16)33-10-7-27-13-33)12-28-20(35)15-5-8-32(9-6-15)19-4-3-18-29-30-21(22(24,25)26)34(18)31-19/h1-4,7,10-11,13,15H,5-6,8-9,12H2,(H,28,35). The second-order valence-electron chi connectivity index (χ2n) is 8.22. The molecule has 1 amide bonds. The molecule has 4 heterocycles. The summed E-state index contributed by atoms with van der Waals surface area (Å²) in [5.74, 6) is -1.65. The number of hydrogen-bond acceptors (Lipinski definition) is 6. The number of rotatable bonds is 5. The molecule has 5 rings (SSSR count). The first-order chi connectivity index (χ1) is 16.8. The maximum absolute atomic E-state index is 14.4. The molecule has 0 atom stereocenters. The van der Waals surface area contributed by atoms with Gasteiger partial charge < -0.3 is 14.8 Å². The van der Waals surface area contributed by atoms with Gasteiger partial charge in [0.1, 0.15) is 11.6 Å². The van der Waals surface area contributed by atoms with Gasteiger partial charge in [0.2, 0.25) is 5.91 Å². The van der Waals surface area contributed by atoms with E-state index < -0.39 is 17.8 Å². The number of nitrogens with one attached hydrogen (secondary N) is 1. The van der Waals surface area contributed by atoms with Gasteiger partial charge in [-0.1, -0.05) is 6.07 Å². The fourth-order valence-corrected chi connectivity index (χ4v) is 4.10. The van der Waals surface area contributed by atoms with Crippen LogP contribution in [0.5, 0.6) is 0 Å². The molecule has 0 radical (unpaired) electrons. The van der Waals surface area contributed by atoms with Crippen LogP contribution in [0.25, 0.3) is 11.3 Å². The molecule has 1 aliphatic heterocycles. The minimum Gasteiger partial charge on any atom is -0.355 e. The average molecular weight is 488 g/mol. The lowest BCUT2D eigenvalue weighted by Gasteiger charge is -2.32. The molecule has 0 aliphatic carbocycles. The van der Waals surface area contributed by atoms with E-state index in [1.807, 2.05) is 4.90 Å². The second-order valence-corrected chi connectivity index (χ2v) is 8.22. The van der Waals surface area contributed by atoms with Crippen molar-refractivity contribution in [2.45, 2.75) is 25.6 Å². The van der Waals surface area contributed by atoms with Crippen molar-refractivity contribution in [1.29, 1.82) is 0 Å². The van der Waals surface area contributed by atoms with Gasteiger partial charge in [0.05, 0.1) is 12.0 Å². The number of halogens is 4. The summed E-state index contributed by atoms with van der Waals surface area (Å²) in [5.41, 5.74) is 1.000. The van der Waals surface area contributed by atoms with E-state index in [-0.39, 0.29) is 24.0 Å². The number of nitrogens with zero attached hydrogens (tertiary/aromatic N) is 7. The van der Waals surface area contributed by atoms with Crippen molar-refractivity contribution in [2.24, 2.45) is 5.92 Å². The second kappa shape index (κ2) is 8.96. The average Bonchev–Trinajstić information content (AvgIpc) is 3.52. The number of aromatic nitrogens is 6. The summed E-state index contributed by atoms with van der Waals surface area (Å²) in [6, 6.07) is 7.76. The van der Waals surface area contributed by atoms with Crippen LogP contribution in [0, 0.1) is 11.7 Å². The van der Waals surface area contributed by atoms with Gasteiger partial charge in [-0.2, -0.15) is 17.7 Å². The lowest BCUT2D eigenvalue weighted by molar-refractivity contribution is -0.146. The van der Waals surface area contributed by atoms with E-state index in [1.165, 1.54) is 18.5 Å². The quantitative estimate of drug-likeness (QED) is 0.434. The van der Waals surface area contributed by atoms with Crippen LogP contribution in [-0.4, -0.2) is 48.4 Å². The Bertz CT molecular complexity index is 1340. The van der Waals surface area contributed by atoms with Gasteiger partial charge in [0, 0.05) is 37.9 Å². The Balaban J connectivity index is 1.18. The Morgan fingerprint density at radius 3 is 2.60 bits per heavy atom. The van der Waals surface area contributed by atoms with Gasteiger partial charge in [0.25, 0.3) is 5.82 Å². The molecule has 1 fully saturated rings. The summed E-state index contributed by atoms with van der Waals surface area (Å²) < 4.78 is 56.0. The number of piperidine rings is 1. The monoisotopic (exact) mass is 488 g/mol. The number of imidazole rings is 1. The van der Waals surface area contributed by atoms with E-state index in [1.54, 1.807) is 35.2 Å². The minimum atomic E-state index is -4.67. The topological polar surface area (TPSA) is 93.2 Å². The molecule has 0 spiro atoms. The summed E-state index contributed by atoms with van der Waals surface area (Å²) in [4.78, 5) is 18.4. The normalized spacial score (nSPS) is 15.0. The lowest BCUT2D eigenvalue weighted by Crippen LogP contribution is -2.40. The zero-order valence-electron chi connectivity index (χ0n) is 18.3. The number of fused-ring (bicyclic) bond motifs is 1. The highest BCUT2D eigenvalue weighted by Crippen LogP contribution is 2.28. The molecule has 1 aliphatic rings. The van der Waals surface area contributed by atoms with Crippen molar-refractivity contribution in [2.75, 3.05) is 18.0 Å². The summed E-state index contributed by atoms with van der Waals surface area (Å²) in [6.07, 6.45) is 1.05. The molecule has 0 bridgehead atoms. The van der Waals surface area contributed by atoms with Crippen LogP contribution < -0.4 is 10.2 Å². The Morgan fingerprint density at radius 2 is 1.91 bits per heavy atom. The molecule has 13 heteroatoms. The number of anilines is 1. The third-order valence-electron chi connectivity index (χ3n) is 5.95. The Kier molecular flexibility index (Phi) is 5.83. The summed E-state index contributed by atoms with van der Waals surface area (Å²) >= 11 is 0. The molecule has 0 unspecified atom stereocenters. The van der Waals surface area contributed by atoms with Gasteiger partial charge in [-0.15, -0.1) is 15.3 Å². The number of amides is 1.